The average molecular weight is 484 g/mol. The second-order valence-electron chi connectivity index (χ2n) is 8.92. The van der Waals surface area contributed by atoms with E-state index < -0.39 is 0 Å². The highest BCUT2D eigenvalue weighted by Gasteiger charge is 2.19. The molecular formula is C29H30FN5O. The number of halogens is 1. The van der Waals surface area contributed by atoms with Crippen LogP contribution in [0.4, 0.5) is 4.39 Å². The summed E-state index contributed by atoms with van der Waals surface area (Å²) >= 11 is 0. The predicted octanol–water partition coefficient (Wildman–Crippen LogP) is 5.36. The molecule has 6 nitrogen and oxygen atoms in total. The normalized spacial score (nSPS) is 14.0. The molecule has 1 atom stereocenters. The third-order valence-corrected chi connectivity index (χ3v) is 6.18. The van der Waals surface area contributed by atoms with Crippen molar-refractivity contribution in [2.24, 2.45) is 0 Å². The molecule has 0 saturated carbocycles. The van der Waals surface area contributed by atoms with E-state index in [4.69, 9.17) is 0 Å². The second-order valence-corrected chi connectivity index (χ2v) is 8.92. The van der Waals surface area contributed by atoms with Gasteiger partial charge in [0.2, 0.25) is 0 Å². The van der Waals surface area contributed by atoms with E-state index in [1.165, 1.54) is 6.07 Å². The van der Waals surface area contributed by atoms with Gasteiger partial charge in [-0.05, 0) is 61.6 Å². The lowest BCUT2D eigenvalue weighted by atomic mass is 10.1. The Balaban J connectivity index is 1.57. The number of hydrogen-bond donors (Lipinski definition) is 2. The van der Waals surface area contributed by atoms with Crippen LogP contribution in [0.15, 0.2) is 85.1 Å². The molecule has 7 heteroatoms. The quantitative estimate of drug-likeness (QED) is 0.452. The maximum atomic E-state index is 13.6. The fraction of sp³-hybridized carbons (Fsp3) is 0.207. The van der Waals surface area contributed by atoms with Crippen LogP contribution in [-0.4, -0.2) is 26.5 Å². The summed E-state index contributed by atoms with van der Waals surface area (Å²) in [6, 6.07) is 6.43. The highest BCUT2D eigenvalue weighted by Crippen LogP contribution is 2.19. The van der Waals surface area contributed by atoms with E-state index in [1.807, 2.05) is 38.2 Å². The molecule has 2 heterocycles. The Labute approximate surface area is 210 Å². The van der Waals surface area contributed by atoms with Crippen molar-refractivity contribution in [3.8, 4) is 0 Å². The van der Waals surface area contributed by atoms with Crippen molar-refractivity contribution in [1.82, 2.24) is 25.2 Å². The summed E-state index contributed by atoms with van der Waals surface area (Å²) in [5.74, 6) is -0.530. The smallest absolute Gasteiger partial charge is 0.270 e. The Morgan fingerprint density at radius 3 is 2.81 bits per heavy atom. The Bertz CT molecular complexity index is 1440. The van der Waals surface area contributed by atoms with Crippen molar-refractivity contribution in [2.45, 2.75) is 39.8 Å². The van der Waals surface area contributed by atoms with Gasteiger partial charge >= 0.3 is 0 Å². The Morgan fingerprint density at radius 1 is 1.25 bits per heavy atom. The van der Waals surface area contributed by atoms with Crippen molar-refractivity contribution < 1.29 is 9.18 Å². The van der Waals surface area contributed by atoms with Gasteiger partial charge in [0, 0.05) is 12.1 Å². The van der Waals surface area contributed by atoms with E-state index in [2.05, 4.69) is 40.0 Å². The molecule has 0 bridgehead atoms. The van der Waals surface area contributed by atoms with E-state index in [0.717, 1.165) is 28.7 Å². The topological polar surface area (TPSA) is 71.3 Å². The van der Waals surface area contributed by atoms with Gasteiger partial charge in [0.15, 0.2) is 5.65 Å². The van der Waals surface area contributed by atoms with Gasteiger partial charge in [-0.15, -0.1) is 0 Å². The van der Waals surface area contributed by atoms with Gasteiger partial charge in [0.25, 0.3) is 5.91 Å². The van der Waals surface area contributed by atoms with Crippen LogP contribution in [0.3, 0.4) is 0 Å². The minimum atomic E-state index is -0.291. The first-order valence-electron chi connectivity index (χ1n) is 11.8. The maximum Gasteiger partial charge on any atom is 0.270 e. The van der Waals surface area contributed by atoms with Gasteiger partial charge in [-0.3, -0.25) is 4.79 Å². The summed E-state index contributed by atoms with van der Waals surface area (Å²) in [5, 5.41) is 10.7. The molecule has 1 unspecified atom stereocenters. The zero-order valence-electron chi connectivity index (χ0n) is 20.8. The fourth-order valence-corrected chi connectivity index (χ4v) is 3.97. The number of fused-ring (bicyclic) bond motifs is 1. The van der Waals surface area contributed by atoms with Crippen LogP contribution in [0.1, 0.15) is 46.2 Å². The van der Waals surface area contributed by atoms with Gasteiger partial charge < -0.3 is 10.6 Å². The molecule has 1 aliphatic rings. The van der Waals surface area contributed by atoms with Gasteiger partial charge in [0.05, 0.1) is 23.6 Å². The van der Waals surface area contributed by atoms with E-state index in [1.54, 1.807) is 35.8 Å². The van der Waals surface area contributed by atoms with Crippen LogP contribution in [-0.2, 0) is 6.54 Å². The van der Waals surface area contributed by atoms with Crippen LogP contribution >= 0.6 is 0 Å². The van der Waals surface area contributed by atoms with E-state index in [-0.39, 0.29) is 23.5 Å². The van der Waals surface area contributed by atoms with Crippen molar-refractivity contribution in [1.29, 1.82) is 0 Å². The third kappa shape index (κ3) is 5.35. The highest BCUT2D eigenvalue weighted by atomic mass is 19.1. The number of rotatable bonds is 8. The number of aryl methyl sites for hydroxylation is 2. The molecule has 1 aliphatic carbocycles. The van der Waals surface area contributed by atoms with Crippen LogP contribution < -0.4 is 10.6 Å². The largest absolute Gasteiger partial charge is 0.380 e. The zero-order chi connectivity index (χ0) is 25.8. The number of nitrogens with zero attached hydrogens (tertiary/aromatic N) is 3. The average Bonchev–Trinajstić information content (AvgIpc) is 3.08. The van der Waals surface area contributed by atoms with Crippen LogP contribution in [0.2, 0.25) is 0 Å². The number of hydrogen-bond acceptors (Lipinski definition) is 4. The summed E-state index contributed by atoms with van der Waals surface area (Å²) in [7, 11) is 0. The van der Waals surface area contributed by atoms with Crippen LogP contribution in [0.25, 0.3) is 11.3 Å². The lowest BCUT2D eigenvalue weighted by Crippen LogP contribution is -2.34. The third-order valence-electron chi connectivity index (χ3n) is 6.18. The molecule has 2 N–H and O–H groups in total. The summed E-state index contributed by atoms with van der Waals surface area (Å²) in [6.45, 7) is 14.0. The summed E-state index contributed by atoms with van der Waals surface area (Å²) < 4.78 is 15.3. The molecule has 36 heavy (non-hydrogen) atoms. The lowest BCUT2D eigenvalue weighted by molar-refractivity contribution is 0.0941. The molecule has 1 aromatic carbocycles. The van der Waals surface area contributed by atoms with E-state index >= 15 is 0 Å². The van der Waals surface area contributed by atoms with Crippen molar-refractivity contribution in [2.75, 3.05) is 0 Å². The van der Waals surface area contributed by atoms with Gasteiger partial charge in [0.1, 0.15) is 11.5 Å². The highest BCUT2D eigenvalue weighted by molar-refractivity contribution is 5.94. The molecule has 4 rings (SSSR count). The molecular weight excluding hydrogens is 453 g/mol. The van der Waals surface area contributed by atoms with E-state index in [0.29, 0.717) is 29.1 Å². The predicted molar refractivity (Wildman–Crippen MR) is 142 cm³/mol. The number of allylic oxidation sites excluding steroid dienone is 5. The standard InChI is InChI=1S/C29H30FN5O/c1-6-22-8-7-9-24(12-10-22)20(4)33-29(36)26-15-27(35-28(34-26)19(3)16-32-35)21(5)31-17-23-11-13-25(30)18(2)14-23/h6-7,9-16,20,31H,1,5,8,17H2,2-4H3,(H,33,36). The SMILES string of the molecule is C=CC1=CC=C(C(C)NC(=O)c2cc(C(=C)NCc3ccc(F)c(C)c3)n3ncc(C)c3n2)C=CC1. The molecule has 2 aromatic heterocycles. The van der Waals surface area contributed by atoms with Gasteiger partial charge in [-0.2, -0.15) is 5.10 Å². The number of aromatic nitrogens is 3. The number of nitrogens with one attached hydrogen (secondary N) is 2. The minimum Gasteiger partial charge on any atom is -0.380 e. The Morgan fingerprint density at radius 2 is 2.06 bits per heavy atom. The maximum absolute atomic E-state index is 13.6. The fourth-order valence-electron chi connectivity index (χ4n) is 3.97. The van der Waals surface area contributed by atoms with Gasteiger partial charge in [-0.25, -0.2) is 13.9 Å². The Hall–Kier alpha value is -4.26. The van der Waals surface area contributed by atoms with Crippen molar-refractivity contribution in [3.05, 3.63) is 119 Å². The zero-order valence-corrected chi connectivity index (χ0v) is 20.8. The summed E-state index contributed by atoms with van der Waals surface area (Å²) in [4.78, 5) is 17.8. The monoisotopic (exact) mass is 483 g/mol. The first-order valence-corrected chi connectivity index (χ1v) is 11.8. The van der Waals surface area contributed by atoms with Crippen LogP contribution in [0, 0.1) is 19.7 Å². The van der Waals surface area contributed by atoms with Crippen LogP contribution in [0.5, 0.6) is 0 Å². The molecule has 0 fully saturated rings. The summed E-state index contributed by atoms with van der Waals surface area (Å²) in [5.41, 5.74) is 6.50. The molecule has 1 amide bonds. The first-order chi connectivity index (χ1) is 17.3. The molecule has 0 spiro atoms. The first kappa shape index (κ1) is 24.9. The number of carbonyl (C=O) groups excluding carboxylic acids is 1. The second kappa shape index (κ2) is 10.6. The molecule has 184 valence electrons. The van der Waals surface area contributed by atoms with Gasteiger partial charge in [-0.1, -0.05) is 55.7 Å². The van der Waals surface area contributed by atoms with Crippen molar-refractivity contribution >= 4 is 17.3 Å². The van der Waals surface area contributed by atoms with Crippen molar-refractivity contribution in [3.63, 3.8) is 0 Å². The number of amides is 1. The number of carbonyl (C=O) groups is 1. The minimum absolute atomic E-state index is 0.218. The Kier molecular flexibility index (Phi) is 7.29. The number of benzene rings is 1. The molecule has 3 aromatic rings. The molecule has 0 saturated heterocycles. The molecule has 0 radical (unpaired) electrons. The lowest BCUT2D eigenvalue weighted by Gasteiger charge is -2.16. The van der Waals surface area contributed by atoms with E-state index in [9.17, 15) is 9.18 Å². The molecule has 0 aliphatic heterocycles. The summed E-state index contributed by atoms with van der Waals surface area (Å²) in [6.07, 6.45) is 12.4.